The van der Waals surface area contributed by atoms with Gasteiger partial charge in [0, 0.05) is 28.3 Å². The van der Waals surface area contributed by atoms with Crippen LogP contribution in [0.2, 0.25) is 0 Å². The third-order valence-electron chi connectivity index (χ3n) is 9.12. The van der Waals surface area contributed by atoms with Gasteiger partial charge in [-0.05, 0) is 80.2 Å². The van der Waals surface area contributed by atoms with Crippen molar-refractivity contribution in [2.45, 2.75) is 0 Å². The summed E-state index contributed by atoms with van der Waals surface area (Å²) in [6.45, 7) is 0. The lowest BCUT2D eigenvalue weighted by molar-refractivity contribution is 1.23. The number of para-hydroxylation sites is 1. The fraction of sp³-hybridized carbons (Fsp3) is 0. The molecule has 0 saturated heterocycles. The summed E-state index contributed by atoms with van der Waals surface area (Å²) in [6.07, 6.45) is 1.83. The van der Waals surface area contributed by atoms with Crippen molar-refractivity contribution < 1.29 is 0 Å². The maximum Gasteiger partial charge on any atom is 0.160 e. The first-order valence-electron chi connectivity index (χ1n) is 16.2. The van der Waals surface area contributed by atoms with Gasteiger partial charge in [0.1, 0.15) is 0 Å². The number of pyridine rings is 1. The van der Waals surface area contributed by atoms with Crippen LogP contribution in [0.25, 0.3) is 88.6 Å². The Bertz CT molecular complexity index is 2600. The second-order valence-corrected chi connectivity index (χ2v) is 12.1. The average Bonchev–Trinajstić information content (AvgIpc) is 3.17. The van der Waals surface area contributed by atoms with Gasteiger partial charge in [-0.25, -0.2) is 9.97 Å². The van der Waals surface area contributed by atoms with Gasteiger partial charge in [0.25, 0.3) is 0 Å². The Balaban J connectivity index is 1.27. The average molecular weight is 612 g/mol. The molecule has 0 unspecified atom stereocenters. The highest BCUT2D eigenvalue weighted by Crippen LogP contribution is 2.38. The summed E-state index contributed by atoms with van der Waals surface area (Å²) in [5.41, 5.74) is 10.5. The van der Waals surface area contributed by atoms with E-state index in [-0.39, 0.29) is 0 Å². The minimum atomic E-state index is 0.699. The Morgan fingerprint density at radius 3 is 1.69 bits per heavy atom. The molecule has 3 heteroatoms. The van der Waals surface area contributed by atoms with Crippen molar-refractivity contribution in [1.82, 2.24) is 15.0 Å². The Kier molecular flexibility index (Phi) is 6.80. The van der Waals surface area contributed by atoms with Crippen molar-refractivity contribution in [2.24, 2.45) is 0 Å². The van der Waals surface area contributed by atoms with Crippen LogP contribution in [0, 0.1) is 0 Å². The molecule has 0 fully saturated rings. The highest BCUT2D eigenvalue weighted by Gasteiger charge is 2.16. The topological polar surface area (TPSA) is 38.7 Å². The van der Waals surface area contributed by atoms with Crippen LogP contribution in [0.5, 0.6) is 0 Å². The molecule has 2 heterocycles. The van der Waals surface area contributed by atoms with Crippen molar-refractivity contribution in [1.29, 1.82) is 0 Å². The quantitative estimate of drug-likeness (QED) is 0.194. The molecule has 0 amide bonds. The van der Waals surface area contributed by atoms with E-state index in [1.54, 1.807) is 0 Å². The number of hydrogen-bond acceptors (Lipinski definition) is 3. The number of benzene rings is 7. The smallest absolute Gasteiger partial charge is 0.160 e. The van der Waals surface area contributed by atoms with Crippen molar-refractivity contribution >= 4 is 32.4 Å². The van der Waals surface area contributed by atoms with Crippen LogP contribution >= 0.6 is 0 Å². The SMILES string of the molecule is c1ccc(-c2ccc(-c3cc(-c4nc(-c5cccc6ccccc56)c5ccccc5n4)cc(-c4cccc5ccccc45)c3)cc2)nc1. The summed E-state index contributed by atoms with van der Waals surface area (Å²) in [5.74, 6) is 0.699. The molecule has 9 rings (SSSR count). The normalized spacial score (nSPS) is 11.3. The molecular formula is C45H29N3. The fourth-order valence-electron chi connectivity index (χ4n) is 6.77. The number of rotatable bonds is 5. The van der Waals surface area contributed by atoms with Gasteiger partial charge >= 0.3 is 0 Å². The summed E-state index contributed by atoms with van der Waals surface area (Å²) in [4.78, 5) is 15.1. The molecule has 3 nitrogen and oxygen atoms in total. The largest absolute Gasteiger partial charge is 0.256 e. The Morgan fingerprint density at radius 2 is 0.938 bits per heavy atom. The number of aromatic nitrogens is 3. The Hall–Kier alpha value is -6.45. The third-order valence-corrected chi connectivity index (χ3v) is 9.12. The second kappa shape index (κ2) is 11.7. The van der Waals surface area contributed by atoms with Crippen LogP contribution in [0.1, 0.15) is 0 Å². The first kappa shape index (κ1) is 27.8. The number of fused-ring (bicyclic) bond motifs is 3. The van der Waals surface area contributed by atoms with E-state index in [1.807, 2.05) is 30.5 Å². The summed E-state index contributed by atoms with van der Waals surface area (Å²) in [6, 6.07) is 59.7. The van der Waals surface area contributed by atoms with Crippen molar-refractivity contribution in [3.63, 3.8) is 0 Å². The van der Waals surface area contributed by atoms with Crippen LogP contribution < -0.4 is 0 Å². The molecule has 0 spiro atoms. The third kappa shape index (κ3) is 4.99. The highest BCUT2D eigenvalue weighted by atomic mass is 14.9. The molecule has 0 aliphatic rings. The van der Waals surface area contributed by atoms with Crippen molar-refractivity contribution in [3.05, 3.63) is 176 Å². The van der Waals surface area contributed by atoms with Gasteiger partial charge in [-0.3, -0.25) is 4.98 Å². The van der Waals surface area contributed by atoms with Crippen LogP contribution in [-0.2, 0) is 0 Å². The minimum Gasteiger partial charge on any atom is -0.256 e. The molecule has 0 atom stereocenters. The second-order valence-electron chi connectivity index (χ2n) is 12.1. The molecule has 48 heavy (non-hydrogen) atoms. The van der Waals surface area contributed by atoms with Gasteiger partial charge in [-0.2, -0.15) is 0 Å². The molecule has 0 saturated carbocycles. The zero-order chi connectivity index (χ0) is 31.9. The monoisotopic (exact) mass is 611 g/mol. The molecule has 9 aromatic rings. The zero-order valence-electron chi connectivity index (χ0n) is 26.1. The maximum absolute atomic E-state index is 5.36. The molecular weight excluding hydrogens is 583 g/mol. The molecule has 0 aliphatic heterocycles. The summed E-state index contributed by atoms with van der Waals surface area (Å²) in [7, 11) is 0. The zero-order valence-corrected chi connectivity index (χ0v) is 26.1. The van der Waals surface area contributed by atoms with Crippen LogP contribution in [0.3, 0.4) is 0 Å². The molecule has 7 aromatic carbocycles. The molecule has 2 aromatic heterocycles. The highest BCUT2D eigenvalue weighted by molar-refractivity contribution is 6.04. The van der Waals surface area contributed by atoms with E-state index >= 15 is 0 Å². The molecule has 0 bridgehead atoms. The van der Waals surface area contributed by atoms with Crippen LogP contribution in [-0.4, -0.2) is 15.0 Å². The van der Waals surface area contributed by atoms with Crippen LogP contribution in [0.4, 0.5) is 0 Å². The van der Waals surface area contributed by atoms with E-state index in [9.17, 15) is 0 Å². The van der Waals surface area contributed by atoms with E-state index in [0.29, 0.717) is 5.82 Å². The van der Waals surface area contributed by atoms with Gasteiger partial charge in [0.15, 0.2) is 5.82 Å². The predicted molar refractivity (Wildman–Crippen MR) is 200 cm³/mol. The van der Waals surface area contributed by atoms with Gasteiger partial charge in [0.05, 0.1) is 16.9 Å². The maximum atomic E-state index is 5.36. The van der Waals surface area contributed by atoms with Crippen molar-refractivity contribution in [3.8, 4) is 56.2 Å². The Morgan fingerprint density at radius 1 is 0.354 bits per heavy atom. The van der Waals surface area contributed by atoms with E-state index < -0.39 is 0 Å². The van der Waals surface area contributed by atoms with Gasteiger partial charge in [0.2, 0.25) is 0 Å². The van der Waals surface area contributed by atoms with Crippen LogP contribution in [0.15, 0.2) is 176 Å². The lowest BCUT2D eigenvalue weighted by atomic mass is 9.92. The minimum absolute atomic E-state index is 0.699. The number of nitrogens with zero attached hydrogens (tertiary/aromatic N) is 3. The lowest BCUT2D eigenvalue weighted by Crippen LogP contribution is -1.97. The summed E-state index contributed by atoms with van der Waals surface area (Å²) < 4.78 is 0. The van der Waals surface area contributed by atoms with E-state index in [1.165, 1.54) is 27.1 Å². The molecule has 0 radical (unpaired) electrons. The first-order valence-corrected chi connectivity index (χ1v) is 16.2. The van der Waals surface area contributed by atoms with Gasteiger partial charge in [-0.15, -0.1) is 0 Å². The van der Waals surface area contributed by atoms with Crippen molar-refractivity contribution in [2.75, 3.05) is 0 Å². The molecule has 0 aliphatic carbocycles. The van der Waals surface area contributed by atoms with E-state index in [0.717, 1.165) is 55.7 Å². The van der Waals surface area contributed by atoms with E-state index in [4.69, 9.17) is 9.97 Å². The predicted octanol–water partition coefficient (Wildman–Crippen LogP) is 11.7. The molecule has 0 N–H and O–H groups in total. The summed E-state index contributed by atoms with van der Waals surface area (Å²) in [5, 5.41) is 5.82. The fourth-order valence-corrected chi connectivity index (χ4v) is 6.77. The van der Waals surface area contributed by atoms with Gasteiger partial charge in [-0.1, -0.05) is 133 Å². The molecule has 224 valence electrons. The first-order chi connectivity index (χ1) is 23.8. The summed E-state index contributed by atoms with van der Waals surface area (Å²) >= 11 is 0. The van der Waals surface area contributed by atoms with E-state index in [2.05, 4.69) is 151 Å². The standard InChI is InChI=1S/C45H29N3/c1-3-15-37-31(11-1)13-9-18-39(37)35-27-34(30-22-24-33(25-23-30)42-20-7-8-26-46-42)28-36(29-35)45-47-43-21-6-5-17-41(43)44(48-45)40-19-10-14-32-12-2-4-16-38(32)40/h1-29H. The lowest BCUT2D eigenvalue weighted by Gasteiger charge is -2.15. The Labute approximate surface area is 278 Å². The number of hydrogen-bond donors (Lipinski definition) is 0. The van der Waals surface area contributed by atoms with Gasteiger partial charge < -0.3 is 0 Å².